The molecule has 0 fully saturated rings. The summed E-state index contributed by atoms with van der Waals surface area (Å²) in [7, 11) is -3.74. The molecule has 0 aliphatic carbocycles. The van der Waals surface area contributed by atoms with E-state index < -0.39 is 10.0 Å². The number of nitrogens with two attached hydrogens (primary N) is 2. The zero-order valence-corrected chi connectivity index (χ0v) is 12.8. The minimum Gasteiger partial charge on any atom is -0.398 e. The lowest BCUT2D eigenvalue weighted by Gasteiger charge is -2.09. The normalized spacial score (nSPS) is 11.9. The monoisotopic (exact) mass is 315 g/mol. The molecule has 3 rings (SSSR count). The van der Waals surface area contributed by atoms with Crippen LogP contribution in [0, 0.1) is 0 Å². The third kappa shape index (κ3) is 2.26. The van der Waals surface area contributed by atoms with Gasteiger partial charge in [0, 0.05) is 11.6 Å². The predicted octanol–water partition coefficient (Wildman–Crippen LogP) is 1.96. The average molecular weight is 315 g/mol. The molecule has 5 nitrogen and oxygen atoms in total. The number of para-hydroxylation sites is 2. The first-order valence-electron chi connectivity index (χ1n) is 6.95. The van der Waals surface area contributed by atoms with Crippen molar-refractivity contribution in [3.8, 4) is 0 Å². The highest BCUT2D eigenvalue weighted by atomic mass is 32.2. The van der Waals surface area contributed by atoms with Gasteiger partial charge in [-0.05, 0) is 36.7 Å². The van der Waals surface area contributed by atoms with Crippen molar-refractivity contribution in [2.45, 2.75) is 11.3 Å². The molecule has 0 bridgehead atoms. The van der Waals surface area contributed by atoms with E-state index in [9.17, 15) is 8.42 Å². The van der Waals surface area contributed by atoms with E-state index in [2.05, 4.69) is 0 Å². The molecule has 0 amide bonds. The van der Waals surface area contributed by atoms with Gasteiger partial charge in [-0.1, -0.05) is 30.3 Å². The van der Waals surface area contributed by atoms with E-state index in [1.165, 1.54) is 10.0 Å². The van der Waals surface area contributed by atoms with Gasteiger partial charge in [0.15, 0.2) is 0 Å². The topological polar surface area (TPSA) is 91.1 Å². The summed E-state index contributed by atoms with van der Waals surface area (Å²) < 4.78 is 27.2. The Hall–Kier alpha value is -2.31. The van der Waals surface area contributed by atoms with E-state index in [1.54, 1.807) is 30.5 Å². The number of hydrogen-bond acceptors (Lipinski definition) is 4. The molecule has 0 aliphatic rings. The minimum atomic E-state index is -3.74. The first kappa shape index (κ1) is 14.6. The SMILES string of the molecule is NCCc1cn(S(=O)(=O)c2ccccc2N)c2ccccc12. The Morgan fingerprint density at radius 3 is 2.41 bits per heavy atom. The smallest absolute Gasteiger partial charge is 0.270 e. The summed E-state index contributed by atoms with van der Waals surface area (Å²) in [4.78, 5) is 0.107. The lowest BCUT2D eigenvalue weighted by molar-refractivity contribution is 0.589. The lowest BCUT2D eigenvalue weighted by Crippen LogP contribution is -2.13. The molecular formula is C16H17N3O2S. The fourth-order valence-electron chi connectivity index (χ4n) is 2.59. The van der Waals surface area contributed by atoms with E-state index in [0.717, 1.165) is 10.9 Å². The van der Waals surface area contributed by atoms with E-state index in [1.807, 2.05) is 18.2 Å². The van der Waals surface area contributed by atoms with E-state index in [0.29, 0.717) is 18.5 Å². The molecule has 1 heterocycles. The molecule has 0 saturated heterocycles. The standard InChI is InChI=1S/C16H17N3O2S/c17-10-9-12-11-19(15-7-3-1-5-13(12)15)22(20,21)16-8-4-2-6-14(16)18/h1-8,11H,9-10,17-18H2. The van der Waals surface area contributed by atoms with Gasteiger partial charge in [0.25, 0.3) is 10.0 Å². The fraction of sp³-hybridized carbons (Fsp3) is 0.125. The van der Waals surface area contributed by atoms with Crippen LogP contribution in [0.25, 0.3) is 10.9 Å². The Morgan fingerprint density at radius 2 is 1.68 bits per heavy atom. The summed E-state index contributed by atoms with van der Waals surface area (Å²) in [5.41, 5.74) is 13.3. The molecule has 0 atom stereocenters. The zero-order valence-electron chi connectivity index (χ0n) is 11.9. The maximum atomic E-state index is 12.9. The summed E-state index contributed by atoms with van der Waals surface area (Å²) in [5, 5.41) is 0.894. The third-order valence-corrected chi connectivity index (χ3v) is 5.38. The van der Waals surface area contributed by atoms with Crippen molar-refractivity contribution in [1.29, 1.82) is 0 Å². The molecule has 0 aliphatic heterocycles. The molecule has 0 radical (unpaired) electrons. The number of aromatic nitrogens is 1. The van der Waals surface area contributed by atoms with Crippen molar-refractivity contribution in [3.63, 3.8) is 0 Å². The summed E-state index contributed by atoms with van der Waals surface area (Å²) in [6.07, 6.45) is 2.26. The van der Waals surface area contributed by atoms with Crippen LogP contribution in [0.4, 0.5) is 5.69 Å². The van der Waals surface area contributed by atoms with Gasteiger partial charge < -0.3 is 11.5 Å². The molecule has 6 heteroatoms. The van der Waals surface area contributed by atoms with Crippen LogP contribution in [-0.2, 0) is 16.4 Å². The molecule has 3 aromatic rings. The van der Waals surface area contributed by atoms with Crippen molar-refractivity contribution in [2.24, 2.45) is 5.73 Å². The van der Waals surface area contributed by atoms with Crippen molar-refractivity contribution < 1.29 is 8.42 Å². The number of anilines is 1. The Kier molecular flexibility index (Phi) is 3.64. The Bertz CT molecular complexity index is 929. The molecule has 0 saturated carbocycles. The molecule has 2 aromatic carbocycles. The highest BCUT2D eigenvalue weighted by Gasteiger charge is 2.22. The van der Waals surface area contributed by atoms with Crippen LogP contribution >= 0.6 is 0 Å². The van der Waals surface area contributed by atoms with Crippen molar-refractivity contribution in [2.75, 3.05) is 12.3 Å². The second-order valence-electron chi connectivity index (χ2n) is 5.05. The van der Waals surface area contributed by atoms with Crippen molar-refractivity contribution >= 4 is 26.6 Å². The van der Waals surface area contributed by atoms with Gasteiger partial charge in [-0.3, -0.25) is 0 Å². The minimum absolute atomic E-state index is 0.107. The van der Waals surface area contributed by atoms with Crippen molar-refractivity contribution in [1.82, 2.24) is 3.97 Å². The summed E-state index contributed by atoms with van der Waals surface area (Å²) >= 11 is 0. The predicted molar refractivity (Wildman–Crippen MR) is 88.1 cm³/mol. The van der Waals surface area contributed by atoms with Crippen LogP contribution < -0.4 is 11.5 Å². The van der Waals surface area contributed by atoms with Gasteiger partial charge in [-0.15, -0.1) is 0 Å². The zero-order chi connectivity index (χ0) is 15.7. The third-order valence-electron chi connectivity index (χ3n) is 3.63. The summed E-state index contributed by atoms with van der Waals surface area (Å²) in [5.74, 6) is 0. The maximum absolute atomic E-state index is 12.9. The molecule has 4 N–H and O–H groups in total. The quantitative estimate of drug-likeness (QED) is 0.720. The van der Waals surface area contributed by atoms with Gasteiger partial charge in [-0.25, -0.2) is 12.4 Å². The van der Waals surface area contributed by atoms with Gasteiger partial charge >= 0.3 is 0 Å². The molecule has 22 heavy (non-hydrogen) atoms. The summed E-state index contributed by atoms with van der Waals surface area (Å²) in [6.45, 7) is 0.460. The number of nitrogen functional groups attached to an aromatic ring is 1. The Labute approximate surface area is 129 Å². The molecule has 114 valence electrons. The molecule has 1 aromatic heterocycles. The van der Waals surface area contributed by atoms with Gasteiger partial charge in [0.1, 0.15) is 4.90 Å². The highest BCUT2D eigenvalue weighted by molar-refractivity contribution is 7.90. The average Bonchev–Trinajstić information content (AvgIpc) is 2.88. The number of rotatable bonds is 4. The van der Waals surface area contributed by atoms with Crippen LogP contribution in [0.5, 0.6) is 0 Å². The lowest BCUT2D eigenvalue weighted by atomic mass is 10.1. The number of nitrogens with zero attached hydrogens (tertiary/aromatic N) is 1. The van der Waals surface area contributed by atoms with Crippen LogP contribution in [-0.4, -0.2) is 18.9 Å². The second-order valence-corrected chi connectivity index (χ2v) is 6.83. The molecule has 0 unspecified atom stereocenters. The second kappa shape index (κ2) is 5.47. The molecule has 0 spiro atoms. The van der Waals surface area contributed by atoms with E-state index in [-0.39, 0.29) is 10.6 Å². The van der Waals surface area contributed by atoms with Crippen LogP contribution in [0.1, 0.15) is 5.56 Å². The summed E-state index contributed by atoms with van der Waals surface area (Å²) in [6, 6.07) is 13.9. The largest absolute Gasteiger partial charge is 0.398 e. The number of hydrogen-bond donors (Lipinski definition) is 2. The highest BCUT2D eigenvalue weighted by Crippen LogP contribution is 2.28. The number of fused-ring (bicyclic) bond motifs is 1. The Balaban J connectivity index is 2.28. The van der Waals surface area contributed by atoms with E-state index >= 15 is 0 Å². The van der Waals surface area contributed by atoms with Gasteiger partial charge in [0.2, 0.25) is 0 Å². The molecular weight excluding hydrogens is 298 g/mol. The van der Waals surface area contributed by atoms with Gasteiger partial charge in [-0.2, -0.15) is 0 Å². The maximum Gasteiger partial charge on any atom is 0.270 e. The first-order valence-corrected chi connectivity index (χ1v) is 8.39. The van der Waals surface area contributed by atoms with Gasteiger partial charge in [0.05, 0.1) is 11.2 Å². The van der Waals surface area contributed by atoms with Crippen LogP contribution in [0.3, 0.4) is 0 Å². The van der Waals surface area contributed by atoms with Crippen molar-refractivity contribution in [3.05, 3.63) is 60.3 Å². The first-order chi connectivity index (χ1) is 10.6. The van der Waals surface area contributed by atoms with E-state index in [4.69, 9.17) is 11.5 Å². The number of benzene rings is 2. The Morgan fingerprint density at radius 1 is 1.00 bits per heavy atom. The van der Waals surface area contributed by atoms with Crippen LogP contribution in [0.15, 0.2) is 59.6 Å². The van der Waals surface area contributed by atoms with Crippen LogP contribution in [0.2, 0.25) is 0 Å². The fourth-order valence-corrected chi connectivity index (χ4v) is 4.11.